The highest BCUT2D eigenvalue weighted by Gasteiger charge is 2.09. The number of rotatable bonds is 5. The molecular weight excluding hydrogens is 188 g/mol. The lowest BCUT2D eigenvalue weighted by atomic mass is 10.1. The van der Waals surface area contributed by atoms with Crippen molar-refractivity contribution in [1.82, 2.24) is 10.6 Å². The van der Waals surface area contributed by atoms with Gasteiger partial charge in [0.05, 0.1) is 16.4 Å². The van der Waals surface area contributed by atoms with Crippen molar-refractivity contribution >= 4 is 15.4 Å². The Kier molecular flexibility index (Phi) is 4.86. The van der Waals surface area contributed by atoms with Gasteiger partial charge in [-0.2, -0.15) is 0 Å². The zero-order valence-corrected chi connectivity index (χ0v) is 9.80. The van der Waals surface area contributed by atoms with Gasteiger partial charge < -0.3 is 0 Å². The van der Waals surface area contributed by atoms with Gasteiger partial charge in [0.25, 0.3) is 0 Å². The molecule has 0 amide bonds. The van der Waals surface area contributed by atoms with Crippen LogP contribution in [0.5, 0.6) is 0 Å². The highest BCUT2D eigenvalue weighted by molar-refractivity contribution is 6.33. The monoisotopic (exact) mass is 205 g/mol. The van der Waals surface area contributed by atoms with Gasteiger partial charge in [-0.1, -0.05) is 43.3 Å². The van der Waals surface area contributed by atoms with E-state index >= 15 is 0 Å². The Balaban J connectivity index is 2.81. The molecule has 75 valence electrons. The molecular formula is C11H17N2Si. The molecule has 3 radical (unpaired) electrons. The van der Waals surface area contributed by atoms with Crippen LogP contribution in [0.15, 0.2) is 24.3 Å². The molecule has 2 nitrogen and oxygen atoms in total. The Labute approximate surface area is 89.5 Å². The maximum absolute atomic E-state index is 3.61. The SMILES string of the molecule is CCNC(NCC)c1ccccc1[Si]. The van der Waals surface area contributed by atoms with E-state index in [0.717, 1.165) is 18.3 Å². The molecule has 0 bridgehead atoms. The van der Waals surface area contributed by atoms with E-state index in [-0.39, 0.29) is 6.17 Å². The lowest BCUT2D eigenvalue weighted by Crippen LogP contribution is -2.37. The minimum absolute atomic E-state index is 0.235. The Hall–Kier alpha value is -0.643. The van der Waals surface area contributed by atoms with Crippen molar-refractivity contribution in [2.45, 2.75) is 20.0 Å². The molecule has 0 aliphatic rings. The molecule has 1 rings (SSSR count). The summed E-state index contributed by atoms with van der Waals surface area (Å²) in [6.45, 7) is 6.14. The minimum atomic E-state index is 0.235. The third-order valence-electron chi connectivity index (χ3n) is 2.09. The van der Waals surface area contributed by atoms with Crippen LogP contribution in [0.2, 0.25) is 0 Å². The fourth-order valence-electron chi connectivity index (χ4n) is 1.45. The Bertz CT molecular complexity index is 270. The van der Waals surface area contributed by atoms with Crippen LogP contribution in [0.4, 0.5) is 0 Å². The van der Waals surface area contributed by atoms with Crippen LogP contribution < -0.4 is 15.8 Å². The van der Waals surface area contributed by atoms with Crippen molar-refractivity contribution < 1.29 is 0 Å². The van der Waals surface area contributed by atoms with Crippen molar-refractivity contribution in [2.24, 2.45) is 0 Å². The van der Waals surface area contributed by atoms with Gasteiger partial charge >= 0.3 is 0 Å². The zero-order chi connectivity index (χ0) is 10.4. The Morgan fingerprint density at radius 3 is 2.21 bits per heavy atom. The van der Waals surface area contributed by atoms with Crippen molar-refractivity contribution in [1.29, 1.82) is 0 Å². The molecule has 0 aliphatic heterocycles. The maximum Gasteiger partial charge on any atom is 0.0833 e. The predicted molar refractivity (Wildman–Crippen MR) is 61.9 cm³/mol. The summed E-state index contributed by atoms with van der Waals surface area (Å²) in [7, 11) is 3.61. The first-order valence-corrected chi connectivity index (χ1v) is 5.56. The molecule has 1 aromatic carbocycles. The predicted octanol–water partition coefficient (Wildman–Crippen LogP) is 0.698. The van der Waals surface area contributed by atoms with Crippen LogP contribution in [-0.2, 0) is 0 Å². The van der Waals surface area contributed by atoms with Crippen molar-refractivity contribution in [3.63, 3.8) is 0 Å². The van der Waals surface area contributed by atoms with E-state index < -0.39 is 0 Å². The van der Waals surface area contributed by atoms with Gasteiger partial charge in [-0.3, -0.25) is 10.6 Å². The second kappa shape index (κ2) is 5.96. The van der Waals surface area contributed by atoms with Crippen LogP contribution in [0.3, 0.4) is 0 Å². The number of nitrogens with one attached hydrogen (secondary N) is 2. The average Bonchev–Trinajstić information content (AvgIpc) is 2.18. The van der Waals surface area contributed by atoms with Crippen LogP contribution in [0, 0.1) is 0 Å². The van der Waals surface area contributed by atoms with E-state index in [0.29, 0.717) is 0 Å². The molecule has 0 atom stereocenters. The van der Waals surface area contributed by atoms with Gasteiger partial charge in [0, 0.05) is 0 Å². The molecule has 0 saturated carbocycles. The molecule has 2 N–H and O–H groups in total. The van der Waals surface area contributed by atoms with Crippen molar-refractivity contribution in [2.75, 3.05) is 13.1 Å². The van der Waals surface area contributed by atoms with E-state index in [1.807, 2.05) is 6.07 Å². The number of hydrogen-bond acceptors (Lipinski definition) is 2. The van der Waals surface area contributed by atoms with Gasteiger partial charge in [0.1, 0.15) is 0 Å². The summed E-state index contributed by atoms with van der Waals surface area (Å²) in [5.41, 5.74) is 1.26. The molecule has 0 aliphatic carbocycles. The molecule has 1 aromatic rings. The molecule has 3 heteroatoms. The lowest BCUT2D eigenvalue weighted by Gasteiger charge is -2.20. The van der Waals surface area contributed by atoms with Crippen LogP contribution >= 0.6 is 0 Å². The van der Waals surface area contributed by atoms with Gasteiger partial charge in [-0.15, -0.1) is 0 Å². The fourth-order valence-corrected chi connectivity index (χ4v) is 1.77. The zero-order valence-electron chi connectivity index (χ0n) is 8.80. The van der Waals surface area contributed by atoms with Gasteiger partial charge in [0.2, 0.25) is 0 Å². The smallest absolute Gasteiger partial charge is 0.0833 e. The first kappa shape index (κ1) is 11.4. The van der Waals surface area contributed by atoms with E-state index in [9.17, 15) is 0 Å². The molecule has 0 unspecified atom stereocenters. The molecule has 0 spiro atoms. The summed E-state index contributed by atoms with van der Waals surface area (Å²) >= 11 is 0. The Morgan fingerprint density at radius 1 is 1.14 bits per heavy atom. The Morgan fingerprint density at radius 2 is 1.71 bits per heavy atom. The summed E-state index contributed by atoms with van der Waals surface area (Å²) in [4.78, 5) is 0. The summed E-state index contributed by atoms with van der Waals surface area (Å²) < 4.78 is 0. The maximum atomic E-state index is 3.61. The molecule has 0 saturated heterocycles. The first-order valence-electron chi connectivity index (χ1n) is 5.06. The van der Waals surface area contributed by atoms with Crippen LogP contribution in [-0.4, -0.2) is 23.3 Å². The summed E-state index contributed by atoms with van der Waals surface area (Å²) in [6.07, 6.45) is 0.235. The molecule has 14 heavy (non-hydrogen) atoms. The number of benzene rings is 1. The summed E-state index contributed by atoms with van der Waals surface area (Å²) in [5, 5.41) is 7.94. The molecule has 0 aromatic heterocycles. The number of hydrogen-bond donors (Lipinski definition) is 2. The summed E-state index contributed by atoms with van der Waals surface area (Å²) in [5.74, 6) is 0. The quantitative estimate of drug-likeness (QED) is 0.546. The second-order valence-corrected chi connectivity index (χ2v) is 3.67. The van der Waals surface area contributed by atoms with E-state index in [1.54, 1.807) is 0 Å². The highest BCUT2D eigenvalue weighted by Crippen LogP contribution is 2.05. The third kappa shape index (κ3) is 2.94. The first-order chi connectivity index (χ1) is 6.79. The second-order valence-electron chi connectivity index (χ2n) is 3.14. The van der Waals surface area contributed by atoms with E-state index in [4.69, 9.17) is 0 Å². The largest absolute Gasteiger partial charge is 0.298 e. The highest BCUT2D eigenvalue weighted by atomic mass is 28.1. The fraction of sp³-hybridized carbons (Fsp3) is 0.455. The van der Waals surface area contributed by atoms with Crippen LogP contribution in [0.25, 0.3) is 0 Å². The van der Waals surface area contributed by atoms with Gasteiger partial charge in [-0.25, -0.2) is 0 Å². The minimum Gasteiger partial charge on any atom is -0.298 e. The van der Waals surface area contributed by atoms with Crippen molar-refractivity contribution in [3.05, 3.63) is 29.8 Å². The average molecular weight is 205 g/mol. The topological polar surface area (TPSA) is 24.1 Å². The normalized spacial score (nSPS) is 10.9. The molecule has 0 fully saturated rings. The lowest BCUT2D eigenvalue weighted by molar-refractivity contribution is 0.464. The van der Waals surface area contributed by atoms with Gasteiger partial charge in [-0.05, 0) is 18.7 Å². The van der Waals surface area contributed by atoms with Crippen LogP contribution in [0.1, 0.15) is 25.6 Å². The van der Waals surface area contributed by atoms with E-state index in [1.165, 1.54) is 5.56 Å². The standard InChI is InChI=1S/C11H17N2Si/c1-3-12-11(13-4-2)9-7-5-6-8-10(9)14/h5-8,11-13H,3-4H2,1-2H3. The van der Waals surface area contributed by atoms with Gasteiger partial charge in [0.15, 0.2) is 0 Å². The van der Waals surface area contributed by atoms with E-state index in [2.05, 4.69) is 52.9 Å². The summed E-state index contributed by atoms with van der Waals surface area (Å²) in [6, 6.07) is 8.27. The molecule has 0 heterocycles. The van der Waals surface area contributed by atoms with Crippen molar-refractivity contribution in [3.8, 4) is 0 Å². The third-order valence-corrected chi connectivity index (χ3v) is 2.54.